The molecule has 0 bridgehead atoms. The van der Waals surface area contributed by atoms with Crippen molar-refractivity contribution in [2.75, 3.05) is 17.9 Å². The highest BCUT2D eigenvalue weighted by atomic mass is 32.2. The van der Waals surface area contributed by atoms with Gasteiger partial charge < -0.3 is 19.4 Å². The smallest absolute Gasteiger partial charge is 0.251 e. The van der Waals surface area contributed by atoms with Gasteiger partial charge in [-0.1, -0.05) is 23.1 Å². The molecule has 2 amide bonds. The minimum atomic E-state index is -0.259. The number of anilines is 1. The Morgan fingerprint density at radius 3 is 2.81 bits per heavy atom. The molecule has 1 aliphatic heterocycles. The molecule has 162 valence electrons. The summed E-state index contributed by atoms with van der Waals surface area (Å²) in [6, 6.07) is 5.02. The number of hydrogen-bond acceptors (Lipinski definition) is 10. The number of hydrogen-bond donors (Lipinski definition) is 2. The summed E-state index contributed by atoms with van der Waals surface area (Å²) in [5.41, 5.74) is 0.463. The van der Waals surface area contributed by atoms with E-state index in [1.54, 1.807) is 18.2 Å². The molecule has 3 aromatic rings. The molecule has 1 aromatic carbocycles. The number of benzene rings is 1. The van der Waals surface area contributed by atoms with E-state index in [2.05, 4.69) is 31.0 Å². The van der Waals surface area contributed by atoms with Crippen molar-refractivity contribution in [1.29, 1.82) is 0 Å². The van der Waals surface area contributed by atoms with Crippen LogP contribution in [0.3, 0.4) is 0 Å². The van der Waals surface area contributed by atoms with Crippen molar-refractivity contribution in [3.05, 3.63) is 34.6 Å². The maximum absolute atomic E-state index is 12.5. The molecule has 1 aliphatic rings. The van der Waals surface area contributed by atoms with Crippen LogP contribution >= 0.6 is 23.1 Å². The third-order valence-corrected chi connectivity index (χ3v) is 5.98. The zero-order valence-corrected chi connectivity index (χ0v) is 18.4. The van der Waals surface area contributed by atoms with Crippen LogP contribution in [0, 0.1) is 6.92 Å². The summed E-state index contributed by atoms with van der Waals surface area (Å²) >= 11 is 2.57. The van der Waals surface area contributed by atoms with Crippen molar-refractivity contribution >= 4 is 40.0 Å². The van der Waals surface area contributed by atoms with E-state index in [-0.39, 0.29) is 30.9 Å². The standard InChI is InChI=1S/C18H19N7O4S2/c1-3-25-14(7-19-16(27)11-4-5-12-13(6-11)29-9-28-12)22-24-18(25)30-8-15(26)20-17-23-21-10(2)31-17/h4-6H,3,7-9H2,1-2H3,(H,19,27)(H,20,23,26). The molecule has 3 heterocycles. The molecule has 0 aliphatic carbocycles. The molecule has 0 spiro atoms. The fourth-order valence-corrected chi connectivity index (χ4v) is 4.24. The van der Waals surface area contributed by atoms with Gasteiger partial charge in [0, 0.05) is 12.1 Å². The Morgan fingerprint density at radius 1 is 1.19 bits per heavy atom. The maximum Gasteiger partial charge on any atom is 0.251 e. The quantitative estimate of drug-likeness (QED) is 0.482. The zero-order chi connectivity index (χ0) is 21.8. The van der Waals surface area contributed by atoms with E-state index in [1.165, 1.54) is 23.1 Å². The lowest BCUT2D eigenvalue weighted by atomic mass is 10.2. The molecule has 0 saturated heterocycles. The van der Waals surface area contributed by atoms with Gasteiger partial charge >= 0.3 is 0 Å². The Bertz CT molecular complexity index is 1110. The zero-order valence-electron chi connectivity index (χ0n) is 16.7. The topological polar surface area (TPSA) is 133 Å². The number of aromatic nitrogens is 5. The van der Waals surface area contributed by atoms with E-state index in [9.17, 15) is 9.59 Å². The summed E-state index contributed by atoms with van der Waals surface area (Å²) in [5, 5.41) is 23.4. The van der Waals surface area contributed by atoms with Gasteiger partial charge in [0.25, 0.3) is 5.91 Å². The predicted molar refractivity (Wildman–Crippen MR) is 113 cm³/mol. The third kappa shape index (κ3) is 4.94. The van der Waals surface area contributed by atoms with Crippen molar-refractivity contribution in [2.45, 2.75) is 32.1 Å². The summed E-state index contributed by atoms with van der Waals surface area (Å²) in [6.07, 6.45) is 0. The SMILES string of the molecule is CCn1c(CNC(=O)c2ccc3c(c2)OCO3)nnc1SCC(=O)Nc1nnc(C)s1. The van der Waals surface area contributed by atoms with E-state index < -0.39 is 0 Å². The first-order valence-corrected chi connectivity index (χ1v) is 11.2. The maximum atomic E-state index is 12.5. The minimum absolute atomic E-state index is 0.152. The second kappa shape index (κ2) is 9.31. The molecule has 0 fully saturated rings. The van der Waals surface area contributed by atoms with Gasteiger partial charge in [-0.3, -0.25) is 14.9 Å². The number of amides is 2. The lowest BCUT2D eigenvalue weighted by Gasteiger charge is -2.09. The summed E-state index contributed by atoms with van der Waals surface area (Å²) in [6.45, 7) is 4.71. The Morgan fingerprint density at radius 2 is 2.03 bits per heavy atom. The second-order valence-corrected chi connectivity index (χ2v) is 8.48. The molecule has 13 heteroatoms. The summed E-state index contributed by atoms with van der Waals surface area (Å²) in [7, 11) is 0. The molecule has 4 rings (SSSR count). The molecule has 0 atom stereocenters. The van der Waals surface area contributed by atoms with Crippen LogP contribution in [0.25, 0.3) is 0 Å². The lowest BCUT2D eigenvalue weighted by molar-refractivity contribution is -0.113. The van der Waals surface area contributed by atoms with Crippen molar-refractivity contribution in [3.8, 4) is 11.5 Å². The van der Waals surface area contributed by atoms with Crippen molar-refractivity contribution in [2.24, 2.45) is 0 Å². The number of aryl methyl sites for hydroxylation is 1. The van der Waals surface area contributed by atoms with Crippen molar-refractivity contribution in [3.63, 3.8) is 0 Å². The van der Waals surface area contributed by atoms with Gasteiger partial charge in [0.05, 0.1) is 12.3 Å². The van der Waals surface area contributed by atoms with Crippen molar-refractivity contribution in [1.82, 2.24) is 30.3 Å². The predicted octanol–water partition coefficient (Wildman–Crippen LogP) is 1.85. The summed E-state index contributed by atoms with van der Waals surface area (Å²) in [4.78, 5) is 24.6. The van der Waals surface area contributed by atoms with Gasteiger partial charge in [-0.2, -0.15) is 0 Å². The Kier molecular flexibility index (Phi) is 6.32. The second-order valence-electron chi connectivity index (χ2n) is 6.36. The first kappa shape index (κ1) is 21.1. The fraction of sp³-hybridized carbons (Fsp3) is 0.333. The van der Waals surface area contributed by atoms with Gasteiger partial charge in [0.15, 0.2) is 22.5 Å². The molecule has 0 radical (unpaired) electrons. The van der Waals surface area contributed by atoms with E-state index in [4.69, 9.17) is 9.47 Å². The van der Waals surface area contributed by atoms with Crippen molar-refractivity contribution < 1.29 is 19.1 Å². The third-order valence-electron chi connectivity index (χ3n) is 4.26. The Labute approximate surface area is 185 Å². The molecule has 2 aromatic heterocycles. The Balaban J connectivity index is 1.33. The van der Waals surface area contributed by atoms with Crippen LogP contribution in [0.1, 0.15) is 28.1 Å². The van der Waals surface area contributed by atoms with Crippen LogP contribution in [0.2, 0.25) is 0 Å². The molecule has 11 nitrogen and oxygen atoms in total. The average molecular weight is 462 g/mol. The molecule has 0 unspecified atom stereocenters. The monoisotopic (exact) mass is 461 g/mol. The van der Waals surface area contributed by atoms with Gasteiger partial charge in [-0.05, 0) is 32.0 Å². The van der Waals surface area contributed by atoms with Gasteiger partial charge in [-0.25, -0.2) is 0 Å². The number of thioether (sulfide) groups is 1. The highest BCUT2D eigenvalue weighted by Gasteiger charge is 2.18. The number of carbonyl (C=O) groups is 2. The van der Waals surface area contributed by atoms with Crippen LogP contribution in [-0.4, -0.2) is 49.3 Å². The number of ether oxygens (including phenoxy) is 2. The first-order chi connectivity index (χ1) is 15.0. The van der Waals surface area contributed by atoms with Gasteiger partial charge in [0.2, 0.25) is 17.8 Å². The van der Waals surface area contributed by atoms with Crippen LogP contribution in [0.15, 0.2) is 23.4 Å². The molecule has 2 N–H and O–H groups in total. The van der Waals surface area contributed by atoms with Gasteiger partial charge in [-0.15, -0.1) is 20.4 Å². The fourth-order valence-electron chi connectivity index (χ4n) is 2.81. The van der Waals surface area contributed by atoms with Crippen LogP contribution in [0.4, 0.5) is 5.13 Å². The highest BCUT2D eigenvalue weighted by Crippen LogP contribution is 2.32. The first-order valence-electron chi connectivity index (χ1n) is 9.36. The number of carbonyl (C=O) groups excluding carboxylic acids is 2. The molecule has 0 saturated carbocycles. The van der Waals surface area contributed by atoms with E-state index in [1.807, 2.05) is 18.4 Å². The average Bonchev–Trinajstić information content (AvgIpc) is 3.49. The number of fused-ring (bicyclic) bond motifs is 1. The molecular weight excluding hydrogens is 442 g/mol. The van der Waals surface area contributed by atoms with Gasteiger partial charge in [0.1, 0.15) is 5.01 Å². The van der Waals surface area contributed by atoms with E-state index in [0.717, 1.165) is 5.01 Å². The Hall–Kier alpha value is -3.19. The van der Waals surface area contributed by atoms with E-state index in [0.29, 0.717) is 39.7 Å². The van der Waals surface area contributed by atoms with Crippen LogP contribution in [-0.2, 0) is 17.9 Å². The molecular formula is C18H19N7O4S2. The van der Waals surface area contributed by atoms with E-state index >= 15 is 0 Å². The summed E-state index contributed by atoms with van der Waals surface area (Å²) in [5.74, 6) is 1.45. The lowest BCUT2D eigenvalue weighted by Crippen LogP contribution is -2.24. The van der Waals surface area contributed by atoms with Crippen LogP contribution in [0.5, 0.6) is 11.5 Å². The highest BCUT2D eigenvalue weighted by molar-refractivity contribution is 7.99. The number of rotatable bonds is 8. The number of nitrogens with one attached hydrogen (secondary N) is 2. The van der Waals surface area contributed by atoms with Crippen LogP contribution < -0.4 is 20.1 Å². The normalized spacial score (nSPS) is 12.1. The number of nitrogens with zero attached hydrogens (tertiary/aromatic N) is 5. The molecule has 31 heavy (non-hydrogen) atoms. The largest absolute Gasteiger partial charge is 0.454 e. The summed E-state index contributed by atoms with van der Waals surface area (Å²) < 4.78 is 12.4. The minimum Gasteiger partial charge on any atom is -0.454 e.